The number of hydrogen-bond donors (Lipinski definition) is 1. The van der Waals surface area contributed by atoms with Crippen LogP contribution in [-0.4, -0.2) is 30.7 Å². The Hall–Kier alpha value is -1.99. The molecule has 2 amide bonds. The van der Waals surface area contributed by atoms with Crippen LogP contribution in [-0.2, 0) is 9.59 Å². The van der Waals surface area contributed by atoms with E-state index in [0.29, 0.717) is 33.6 Å². The van der Waals surface area contributed by atoms with Gasteiger partial charge in [-0.2, -0.15) is 4.99 Å². The zero-order valence-corrected chi connectivity index (χ0v) is 14.4. The first kappa shape index (κ1) is 17.4. The minimum Gasteiger partial charge on any atom is -0.493 e. The zero-order valence-electron chi connectivity index (χ0n) is 12.8. The lowest BCUT2D eigenvalue weighted by atomic mass is 10.2. The minimum atomic E-state index is -0.414. The fourth-order valence-corrected chi connectivity index (χ4v) is 3.01. The van der Waals surface area contributed by atoms with Gasteiger partial charge >= 0.3 is 0 Å². The molecule has 1 aromatic carbocycles. The van der Waals surface area contributed by atoms with Gasteiger partial charge in [-0.15, -0.1) is 0 Å². The maximum absolute atomic E-state index is 11.9. The van der Waals surface area contributed by atoms with Gasteiger partial charge in [0.1, 0.15) is 0 Å². The molecule has 6 nitrogen and oxygen atoms in total. The van der Waals surface area contributed by atoms with Crippen molar-refractivity contribution in [3.8, 4) is 11.5 Å². The Morgan fingerprint density at radius 2 is 2.22 bits per heavy atom. The van der Waals surface area contributed by atoms with Crippen LogP contribution >= 0.6 is 23.4 Å². The first-order chi connectivity index (χ1) is 10.9. The molecule has 0 fully saturated rings. The number of methoxy groups -OCH3 is 1. The smallest absolute Gasteiger partial charge is 0.286 e. The maximum Gasteiger partial charge on any atom is 0.286 e. The van der Waals surface area contributed by atoms with Gasteiger partial charge in [0.25, 0.3) is 5.91 Å². The Balaban J connectivity index is 2.28. The fraction of sp³-hybridized carbons (Fsp3) is 0.267. The van der Waals surface area contributed by atoms with Gasteiger partial charge in [-0.3, -0.25) is 9.59 Å². The molecule has 1 heterocycles. The van der Waals surface area contributed by atoms with E-state index in [1.165, 1.54) is 14.0 Å². The van der Waals surface area contributed by atoms with Crippen molar-refractivity contribution >= 4 is 46.4 Å². The Morgan fingerprint density at radius 1 is 1.48 bits per heavy atom. The highest BCUT2D eigenvalue weighted by molar-refractivity contribution is 8.18. The van der Waals surface area contributed by atoms with E-state index in [-0.39, 0.29) is 11.1 Å². The summed E-state index contributed by atoms with van der Waals surface area (Å²) >= 11 is 7.29. The number of nitrogens with one attached hydrogen (secondary N) is 1. The lowest BCUT2D eigenvalue weighted by Gasteiger charge is -2.12. The van der Waals surface area contributed by atoms with Gasteiger partial charge in [-0.1, -0.05) is 11.6 Å². The Bertz CT molecular complexity index is 716. The van der Waals surface area contributed by atoms with Gasteiger partial charge in [0.2, 0.25) is 5.91 Å². The summed E-state index contributed by atoms with van der Waals surface area (Å²) in [5.41, 5.74) is 0.672. The Labute approximate surface area is 142 Å². The van der Waals surface area contributed by atoms with E-state index in [0.717, 1.165) is 11.8 Å². The SMILES string of the molecule is CCOc1c(Cl)cc(/C=C2/SC(NC(C)=O)=NC2=O)cc1OC. The summed E-state index contributed by atoms with van der Waals surface area (Å²) in [5, 5.41) is 3.14. The van der Waals surface area contributed by atoms with Crippen LogP contribution in [0, 0.1) is 0 Å². The molecule has 0 saturated carbocycles. The summed E-state index contributed by atoms with van der Waals surface area (Å²) in [5.74, 6) is 0.239. The molecule has 1 aliphatic heterocycles. The number of amides is 2. The molecule has 0 bridgehead atoms. The van der Waals surface area contributed by atoms with Crippen LogP contribution in [0.4, 0.5) is 0 Å². The van der Waals surface area contributed by atoms with Crippen molar-refractivity contribution < 1.29 is 19.1 Å². The second kappa shape index (κ2) is 7.52. The van der Waals surface area contributed by atoms with Crippen molar-refractivity contribution in [1.82, 2.24) is 5.32 Å². The first-order valence-corrected chi connectivity index (χ1v) is 7.94. The molecule has 0 spiro atoms. The molecule has 1 aliphatic rings. The van der Waals surface area contributed by atoms with Crippen molar-refractivity contribution in [1.29, 1.82) is 0 Å². The molecule has 122 valence electrons. The molecule has 1 N–H and O–H groups in total. The number of aliphatic imine (C=N–C) groups is 1. The number of rotatable bonds is 4. The third kappa shape index (κ3) is 4.27. The molecule has 0 saturated heterocycles. The predicted octanol–water partition coefficient (Wildman–Crippen LogP) is 2.85. The molecule has 2 rings (SSSR count). The minimum absolute atomic E-state index is 0.262. The predicted molar refractivity (Wildman–Crippen MR) is 91.0 cm³/mol. The Morgan fingerprint density at radius 3 is 2.83 bits per heavy atom. The number of hydrogen-bond acceptors (Lipinski definition) is 5. The van der Waals surface area contributed by atoms with Crippen LogP contribution in [0.25, 0.3) is 6.08 Å². The lowest BCUT2D eigenvalue weighted by Crippen LogP contribution is -2.23. The quantitative estimate of drug-likeness (QED) is 0.841. The largest absolute Gasteiger partial charge is 0.493 e. The summed E-state index contributed by atoms with van der Waals surface area (Å²) in [4.78, 5) is 27.0. The zero-order chi connectivity index (χ0) is 17.0. The van der Waals surface area contributed by atoms with E-state index >= 15 is 0 Å². The third-order valence-electron chi connectivity index (χ3n) is 2.74. The summed E-state index contributed by atoms with van der Waals surface area (Å²) in [7, 11) is 1.51. The molecule has 0 unspecified atom stereocenters. The Kier molecular flexibility index (Phi) is 5.68. The topological polar surface area (TPSA) is 77.0 Å². The van der Waals surface area contributed by atoms with Gasteiger partial charge in [-0.05, 0) is 42.5 Å². The van der Waals surface area contributed by atoms with Crippen LogP contribution in [0.5, 0.6) is 11.5 Å². The summed E-state index contributed by atoms with van der Waals surface area (Å²) in [6.07, 6.45) is 1.63. The molecule has 0 atom stereocenters. The van der Waals surface area contributed by atoms with E-state index in [4.69, 9.17) is 21.1 Å². The van der Waals surface area contributed by atoms with Gasteiger partial charge < -0.3 is 14.8 Å². The van der Waals surface area contributed by atoms with Gasteiger partial charge in [0.15, 0.2) is 16.7 Å². The fourth-order valence-electron chi connectivity index (χ4n) is 1.87. The highest BCUT2D eigenvalue weighted by atomic mass is 35.5. The van der Waals surface area contributed by atoms with Crippen molar-refractivity contribution in [2.45, 2.75) is 13.8 Å². The van der Waals surface area contributed by atoms with Crippen LogP contribution in [0.3, 0.4) is 0 Å². The highest BCUT2D eigenvalue weighted by Gasteiger charge is 2.23. The molecule has 0 aromatic heterocycles. The van der Waals surface area contributed by atoms with E-state index in [9.17, 15) is 9.59 Å². The average Bonchev–Trinajstić information content (AvgIpc) is 2.80. The number of carbonyl (C=O) groups excluding carboxylic acids is 2. The van der Waals surface area contributed by atoms with E-state index in [1.807, 2.05) is 6.92 Å². The second-order valence-corrected chi connectivity index (χ2v) is 5.92. The normalized spacial score (nSPS) is 15.6. The monoisotopic (exact) mass is 354 g/mol. The molecular formula is C15H15ClN2O4S. The third-order valence-corrected chi connectivity index (χ3v) is 3.92. The summed E-state index contributed by atoms with van der Waals surface area (Å²) in [6.45, 7) is 3.66. The molecule has 0 radical (unpaired) electrons. The standard InChI is InChI=1S/C15H15ClN2O4S/c1-4-22-13-10(16)5-9(6-11(13)21-3)7-12-14(20)18-15(23-12)17-8(2)19/h5-7H,4H2,1-3H3,(H,17,18,19,20)/b12-7+. The lowest BCUT2D eigenvalue weighted by molar-refractivity contribution is -0.117. The molecular weight excluding hydrogens is 340 g/mol. The van der Waals surface area contributed by atoms with Crippen molar-refractivity contribution in [3.63, 3.8) is 0 Å². The van der Waals surface area contributed by atoms with E-state index in [2.05, 4.69) is 10.3 Å². The molecule has 0 aliphatic carbocycles. The molecule has 8 heteroatoms. The van der Waals surface area contributed by atoms with E-state index < -0.39 is 5.91 Å². The van der Waals surface area contributed by atoms with Crippen LogP contribution in [0.15, 0.2) is 22.0 Å². The summed E-state index contributed by atoms with van der Waals surface area (Å²) < 4.78 is 10.7. The van der Waals surface area contributed by atoms with Crippen LogP contribution in [0.2, 0.25) is 5.02 Å². The first-order valence-electron chi connectivity index (χ1n) is 6.75. The highest BCUT2D eigenvalue weighted by Crippen LogP contribution is 2.38. The summed E-state index contributed by atoms with van der Waals surface area (Å²) in [6, 6.07) is 3.39. The number of amidine groups is 1. The number of ether oxygens (including phenoxy) is 2. The van der Waals surface area contributed by atoms with Crippen LogP contribution in [0.1, 0.15) is 19.4 Å². The van der Waals surface area contributed by atoms with Crippen molar-refractivity contribution in [2.75, 3.05) is 13.7 Å². The van der Waals surface area contributed by atoms with Gasteiger partial charge in [-0.25, -0.2) is 0 Å². The maximum atomic E-state index is 11.9. The van der Waals surface area contributed by atoms with Crippen molar-refractivity contribution in [3.05, 3.63) is 27.6 Å². The van der Waals surface area contributed by atoms with E-state index in [1.54, 1.807) is 18.2 Å². The second-order valence-electron chi connectivity index (χ2n) is 4.48. The number of carbonyl (C=O) groups is 2. The number of nitrogens with zero attached hydrogens (tertiary/aromatic N) is 1. The van der Waals surface area contributed by atoms with Crippen LogP contribution < -0.4 is 14.8 Å². The number of halogens is 1. The number of thioether (sulfide) groups is 1. The average molecular weight is 355 g/mol. The van der Waals surface area contributed by atoms with Gasteiger partial charge in [0, 0.05) is 6.92 Å². The van der Waals surface area contributed by atoms with Crippen molar-refractivity contribution in [2.24, 2.45) is 4.99 Å². The van der Waals surface area contributed by atoms with Gasteiger partial charge in [0.05, 0.1) is 23.6 Å². The number of benzene rings is 1. The molecule has 1 aromatic rings. The molecule has 23 heavy (non-hydrogen) atoms.